The second kappa shape index (κ2) is 5.86. The number of piperidine rings is 1. The third-order valence-corrected chi connectivity index (χ3v) is 4.70. The number of aromatic nitrogens is 2. The summed E-state index contributed by atoms with van der Waals surface area (Å²) in [6.07, 6.45) is 4.73. The number of rotatable bonds is 4. The maximum Gasteiger partial charge on any atom is 0.137 e. The van der Waals surface area contributed by atoms with E-state index in [1.807, 2.05) is 6.92 Å². The Morgan fingerprint density at radius 2 is 1.90 bits per heavy atom. The van der Waals surface area contributed by atoms with E-state index in [4.69, 9.17) is 21.3 Å². The minimum atomic E-state index is 0.540. The Kier molecular flexibility index (Phi) is 4.13. The van der Waals surface area contributed by atoms with Gasteiger partial charge in [0.15, 0.2) is 0 Å². The maximum atomic E-state index is 6.29. The standard InChI is InChI=1S/C15H22ClN3O/c1-10-13(16)17-14(12-3-4-12)18-15(10)19-7-5-11(6-8-19)9-20-2/h11-12H,3-9H2,1-2H3. The van der Waals surface area contributed by atoms with Crippen molar-refractivity contribution in [2.45, 2.75) is 38.5 Å². The first kappa shape index (κ1) is 14.1. The van der Waals surface area contributed by atoms with Crippen LogP contribution in [0.25, 0.3) is 0 Å². The SMILES string of the molecule is COCC1CCN(c2nc(C3CC3)nc(Cl)c2C)CC1. The lowest BCUT2D eigenvalue weighted by atomic mass is 9.97. The second-order valence-corrected chi connectivity index (χ2v) is 6.34. The molecule has 1 aliphatic heterocycles. The molecule has 0 radical (unpaired) electrons. The van der Waals surface area contributed by atoms with Gasteiger partial charge in [0.25, 0.3) is 0 Å². The van der Waals surface area contributed by atoms with Crippen LogP contribution in [-0.2, 0) is 4.74 Å². The van der Waals surface area contributed by atoms with Gasteiger partial charge in [0, 0.05) is 38.3 Å². The normalized spacial score (nSPS) is 20.4. The molecule has 3 rings (SSSR count). The zero-order chi connectivity index (χ0) is 14.1. The molecule has 2 aliphatic rings. The third-order valence-electron chi connectivity index (χ3n) is 4.34. The summed E-state index contributed by atoms with van der Waals surface area (Å²) in [6.45, 7) is 4.96. The van der Waals surface area contributed by atoms with E-state index in [-0.39, 0.29) is 0 Å². The first-order valence-electron chi connectivity index (χ1n) is 7.47. The monoisotopic (exact) mass is 295 g/mol. The number of methoxy groups -OCH3 is 1. The van der Waals surface area contributed by atoms with Crippen molar-refractivity contribution in [1.82, 2.24) is 9.97 Å². The fourth-order valence-corrected chi connectivity index (χ4v) is 3.04. The molecule has 2 fully saturated rings. The topological polar surface area (TPSA) is 38.2 Å². The third kappa shape index (κ3) is 2.91. The molecule has 0 atom stereocenters. The van der Waals surface area contributed by atoms with E-state index >= 15 is 0 Å². The summed E-state index contributed by atoms with van der Waals surface area (Å²) in [5.74, 6) is 3.20. The van der Waals surface area contributed by atoms with Crippen LogP contribution in [0.2, 0.25) is 5.15 Å². The highest BCUT2D eigenvalue weighted by Gasteiger charge is 2.29. The molecular formula is C15H22ClN3O. The second-order valence-electron chi connectivity index (χ2n) is 5.98. The van der Waals surface area contributed by atoms with Crippen LogP contribution in [0.3, 0.4) is 0 Å². The van der Waals surface area contributed by atoms with Crippen molar-refractivity contribution < 1.29 is 4.74 Å². The Morgan fingerprint density at radius 3 is 2.50 bits per heavy atom. The lowest BCUT2D eigenvalue weighted by Gasteiger charge is -2.33. The predicted octanol–water partition coefficient (Wildman–Crippen LogP) is 3.18. The lowest BCUT2D eigenvalue weighted by Crippen LogP contribution is -2.36. The van der Waals surface area contributed by atoms with Gasteiger partial charge in [-0.3, -0.25) is 0 Å². The van der Waals surface area contributed by atoms with Crippen LogP contribution in [0.15, 0.2) is 0 Å². The quantitative estimate of drug-likeness (QED) is 0.800. The van der Waals surface area contributed by atoms with Gasteiger partial charge < -0.3 is 9.64 Å². The molecule has 5 heteroatoms. The van der Waals surface area contributed by atoms with Crippen LogP contribution in [0.5, 0.6) is 0 Å². The number of halogens is 1. The van der Waals surface area contributed by atoms with Crippen molar-refractivity contribution in [2.75, 3.05) is 31.7 Å². The van der Waals surface area contributed by atoms with Crippen molar-refractivity contribution in [2.24, 2.45) is 5.92 Å². The largest absolute Gasteiger partial charge is 0.384 e. The van der Waals surface area contributed by atoms with E-state index in [9.17, 15) is 0 Å². The summed E-state index contributed by atoms with van der Waals surface area (Å²) in [5.41, 5.74) is 1.02. The molecule has 0 amide bonds. The Bertz CT molecular complexity index is 482. The molecule has 1 aromatic rings. The first-order valence-corrected chi connectivity index (χ1v) is 7.84. The summed E-state index contributed by atoms with van der Waals surface area (Å²) in [7, 11) is 1.78. The summed E-state index contributed by atoms with van der Waals surface area (Å²) >= 11 is 6.29. The van der Waals surface area contributed by atoms with E-state index in [2.05, 4.69) is 9.88 Å². The van der Waals surface area contributed by atoms with E-state index in [0.717, 1.165) is 49.7 Å². The Balaban J connectivity index is 1.76. The van der Waals surface area contributed by atoms with Gasteiger partial charge in [0.05, 0.1) is 0 Å². The van der Waals surface area contributed by atoms with Crippen LogP contribution in [-0.4, -0.2) is 36.8 Å². The smallest absolute Gasteiger partial charge is 0.137 e. The van der Waals surface area contributed by atoms with Gasteiger partial charge in [0.1, 0.15) is 16.8 Å². The summed E-state index contributed by atoms with van der Waals surface area (Å²) in [4.78, 5) is 11.6. The van der Waals surface area contributed by atoms with Crippen molar-refractivity contribution in [1.29, 1.82) is 0 Å². The molecule has 4 nitrogen and oxygen atoms in total. The van der Waals surface area contributed by atoms with Gasteiger partial charge in [-0.05, 0) is 38.5 Å². The van der Waals surface area contributed by atoms with Gasteiger partial charge in [-0.15, -0.1) is 0 Å². The lowest BCUT2D eigenvalue weighted by molar-refractivity contribution is 0.139. The maximum absolute atomic E-state index is 6.29. The molecule has 1 saturated heterocycles. The Hall–Kier alpha value is -0.870. The number of ether oxygens (including phenoxy) is 1. The molecule has 110 valence electrons. The highest BCUT2D eigenvalue weighted by atomic mass is 35.5. The highest BCUT2D eigenvalue weighted by Crippen LogP contribution is 2.40. The molecule has 0 spiro atoms. The molecule has 0 N–H and O–H groups in total. The van der Waals surface area contributed by atoms with E-state index in [1.54, 1.807) is 7.11 Å². The Labute approximate surface area is 125 Å². The van der Waals surface area contributed by atoms with Crippen LogP contribution >= 0.6 is 11.6 Å². The summed E-state index contributed by atoms with van der Waals surface area (Å²) in [5, 5.41) is 0.621. The number of nitrogens with zero attached hydrogens (tertiary/aromatic N) is 3. The summed E-state index contributed by atoms with van der Waals surface area (Å²) < 4.78 is 5.26. The van der Waals surface area contributed by atoms with Crippen LogP contribution in [0, 0.1) is 12.8 Å². The average molecular weight is 296 g/mol. The zero-order valence-corrected chi connectivity index (χ0v) is 13.0. The predicted molar refractivity (Wildman–Crippen MR) is 80.6 cm³/mol. The number of hydrogen-bond donors (Lipinski definition) is 0. The highest BCUT2D eigenvalue weighted by molar-refractivity contribution is 6.30. The number of anilines is 1. The molecule has 20 heavy (non-hydrogen) atoms. The molecule has 0 unspecified atom stereocenters. The van der Waals surface area contributed by atoms with Crippen LogP contribution in [0.1, 0.15) is 43.0 Å². The molecule has 0 aromatic carbocycles. The Morgan fingerprint density at radius 1 is 1.20 bits per heavy atom. The molecule has 1 saturated carbocycles. The van der Waals surface area contributed by atoms with Gasteiger partial charge in [-0.2, -0.15) is 0 Å². The van der Waals surface area contributed by atoms with E-state index in [0.29, 0.717) is 17.0 Å². The van der Waals surface area contributed by atoms with Gasteiger partial charge in [0.2, 0.25) is 0 Å². The van der Waals surface area contributed by atoms with E-state index in [1.165, 1.54) is 12.8 Å². The van der Waals surface area contributed by atoms with Gasteiger partial charge in [-0.25, -0.2) is 9.97 Å². The van der Waals surface area contributed by atoms with Crippen molar-refractivity contribution in [3.05, 3.63) is 16.5 Å². The van der Waals surface area contributed by atoms with Crippen molar-refractivity contribution in [3.8, 4) is 0 Å². The van der Waals surface area contributed by atoms with Crippen molar-refractivity contribution >= 4 is 17.4 Å². The molecule has 1 aliphatic carbocycles. The van der Waals surface area contributed by atoms with Gasteiger partial charge >= 0.3 is 0 Å². The van der Waals surface area contributed by atoms with Crippen LogP contribution < -0.4 is 4.90 Å². The fourth-order valence-electron chi connectivity index (χ4n) is 2.87. The molecule has 2 heterocycles. The minimum absolute atomic E-state index is 0.540. The van der Waals surface area contributed by atoms with Crippen LogP contribution in [0.4, 0.5) is 5.82 Å². The van der Waals surface area contributed by atoms with Crippen molar-refractivity contribution in [3.63, 3.8) is 0 Å². The minimum Gasteiger partial charge on any atom is -0.384 e. The summed E-state index contributed by atoms with van der Waals surface area (Å²) in [6, 6.07) is 0. The average Bonchev–Trinajstić information content (AvgIpc) is 3.28. The molecule has 0 bridgehead atoms. The van der Waals surface area contributed by atoms with Gasteiger partial charge in [-0.1, -0.05) is 11.6 Å². The zero-order valence-electron chi connectivity index (χ0n) is 12.2. The first-order chi connectivity index (χ1) is 9.69. The molecular weight excluding hydrogens is 274 g/mol. The fraction of sp³-hybridized carbons (Fsp3) is 0.733. The molecule has 1 aromatic heterocycles. The number of hydrogen-bond acceptors (Lipinski definition) is 4. The van der Waals surface area contributed by atoms with E-state index < -0.39 is 0 Å².